The summed E-state index contributed by atoms with van der Waals surface area (Å²) in [7, 11) is -1.96. The minimum Gasteiger partial charge on any atom is -0.496 e. The van der Waals surface area contributed by atoms with Crippen LogP contribution in [0.3, 0.4) is 0 Å². The molecule has 0 fully saturated rings. The fraction of sp³-hybridized carbons (Fsp3) is 0.435. The van der Waals surface area contributed by atoms with Gasteiger partial charge in [-0.15, -0.1) is 0 Å². The Kier molecular flexibility index (Phi) is 7.53. The van der Waals surface area contributed by atoms with Gasteiger partial charge in [-0.2, -0.15) is 0 Å². The molecule has 0 saturated heterocycles. The van der Waals surface area contributed by atoms with Crippen molar-refractivity contribution in [3.63, 3.8) is 0 Å². The molecular formula is C23H32N2O4S. The first-order valence-electron chi connectivity index (χ1n) is 9.96. The van der Waals surface area contributed by atoms with Crippen LogP contribution in [0.25, 0.3) is 0 Å². The summed E-state index contributed by atoms with van der Waals surface area (Å²) < 4.78 is 31.2. The van der Waals surface area contributed by atoms with Crippen molar-refractivity contribution in [2.75, 3.05) is 24.2 Å². The molecule has 0 radical (unpaired) electrons. The topological polar surface area (TPSA) is 75.7 Å². The van der Waals surface area contributed by atoms with Crippen LogP contribution in [0.1, 0.15) is 55.0 Å². The molecule has 1 N–H and O–H groups in total. The molecule has 1 atom stereocenters. The number of aryl methyl sites for hydroxylation is 2. The Morgan fingerprint density at radius 3 is 2.30 bits per heavy atom. The number of amides is 1. The number of benzene rings is 2. The maximum absolute atomic E-state index is 12.8. The van der Waals surface area contributed by atoms with Crippen LogP contribution in [0.15, 0.2) is 36.4 Å². The number of hydrogen-bond donors (Lipinski definition) is 1. The maximum atomic E-state index is 12.8. The summed E-state index contributed by atoms with van der Waals surface area (Å²) in [5.74, 6) is 0.729. The lowest BCUT2D eigenvalue weighted by Crippen LogP contribution is -2.41. The van der Waals surface area contributed by atoms with Gasteiger partial charge in [0.15, 0.2) is 0 Å². The lowest BCUT2D eigenvalue weighted by Gasteiger charge is -2.25. The molecule has 0 unspecified atom stereocenters. The van der Waals surface area contributed by atoms with Crippen LogP contribution in [-0.2, 0) is 14.8 Å². The summed E-state index contributed by atoms with van der Waals surface area (Å²) in [5.41, 5.74) is 4.45. The van der Waals surface area contributed by atoms with Crippen LogP contribution in [0, 0.1) is 13.8 Å². The molecule has 2 aromatic carbocycles. The van der Waals surface area contributed by atoms with Gasteiger partial charge < -0.3 is 10.1 Å². The number of anilines is 1. The zero-order chi connectivity index (χ0) is 22.6. The number of rotatable bonds is 8. The fourth-order valence-electron chi connectivity index (χ4n) is 3.49. The van der Waals surface area contributed by atoms with E-state index in [1.165, 1.54) is 0 Å². The van der Waals surface area contributed by atoms with E-state index in [9.17, 15) is 13.2 Å². The second-order valence-electron chi connectivity index (χ2n) is 8.00. The number of methoxy groups -OCH3 is 1. The summed E-state index contributed by atoms with van der Waals surface area (Å²) in [6, 6.07) is 10.8. The standard InChI is InChI=1S/C23H32N2O4S/c1-15(2)20-13-21(17(4)12-22(20)29-6)18(5)24-23(26)14-25(30(7,27)28)19-10-8-9-16(3)11-19/h8-13,15,18H,14H2,1-7H3,(H,24,26)/t18-/m0/s1. The Morgan fingerprint density at radius 1 is 1.10 bits per heavy atom. The highest BCUT2D eigenvalue weighted by Gasteiger charge is 2.23. The van der Waals surface area contributed by atoms with Crippen LogP contribution in [0.4, 0.5) is 5.69 Å². The van der Waals surface area contributed by atoms with E-state index in [2.05, 4.69) is 25.2 Å². The first kappa shape index (κ1) is 23.7. The third kappa shape index (κ3) is 5.75. The van der Waals surface area contributed by atoms with Gasteiger partial charge in [-0.1, -0.05) is 26.0 Å². The number of hydrogen-bond acceptors (Lipinski definition) is 4. The van der Waals surface area contributed by atoms with E-state index in [-0.39, 0.29) is 24.4 Å². The van der Waals surface area contributed by atoms with Gasteiger partial charge in [-0.3, -0.25) is 9.10 Å². The van der Waals surface area contributed by atoms with Gasteiger partial charge >= 0.3 is 0 Å². The number of carbonyl (C=O) groups is 1. The molecular weight excluding hydrogens is 400 g/mol. The highest BCUT2D eigenvalue weighted by Crippen LogP contribution is 2.32. The lowest BCUT2D eigenvalue weighted by atomic mass is 9.93. The average molecular weight is 433 g/mol. The minimum absolute atomic E-state index is 0.268. The quantitative estimate of drug-likeness (QED) is 0.682. The second-order valence-corrected chi connectivity index (χ2v) is 9.91. The Bertz CT molecular complexity index is 1020. The SMILES string of the molecule is COc1cc(C)c([C@H](C)NC(=O)CN(c2cccc(C)c2)S(C)(=O)=O)cc1C(C)C. The van der Waals surface area contributed by atoms with Gasteiger partial charge in [0.2, 0.25) is 15.9 Å². The molecule has 0 bridgehead atoms. The number of carbonyl (C=O) groups excluding carboxylic acids is 1. The van der Waals surface area contributed by atoms with Crippen molar-refractivity contribution in [2.24, 2.45) is 0 Å². The summed E-state index contributed by atoms with van der Waals surface area (Å²) in [6.45, 7) is 9.65. The van der Waals surface area contributed by atoms with Crippen LogP contribution in [0.2, 0.25) is 0 Å². The van der Waals surface area contributed by atoms with E-state index < -0.39 is 10.0 Å². The van der Waals surface area contributed by atoms with E-state index in [4.69, 9.17) is 4.74 Å². The highest BCUT2D eigenvalue weighted by atomic mass is 32.2. The van der Waals surface area contributed by atoms with Crippen LogP contribution in [0.5, 0.6) is 5.75 Å². The number of nitrogens with one attached hydrogen (secondary N) is 1. The third-order valence-corrected chi connectivity index (χ3v) is 6.20. The Balaban J connectivity index is 2.25. The molecule has 0 aliphatic carbocycles. The Morgan fingerprint density at radius 2 is 1.77 bits per heavy atom. The first-order valence-corrected chi connectivity index (χ1v) is 11.8. The Hall–Kier alpha value is -2.54. The summed E-state index contributed by atoms with van der Waals surface area (Å²) in [4.78, 5) is 12.8. The predicted octanol–water partition coefficient (Wildman–Crippen LogP) is 4.08. The number of ether oxygens (including phenoxy) is 1. The molecule has 2 rings (SSSR count). The fourth-order valence-corrected chi connectivity index (χ4v) is 4.34. The molecule has 164 valence electrons. The third-order valence-electron chi connectivity index (χ3n) is 5.06. The van der Waals surface area contributed by atoms with Gasteiger partial charge in [0.1, 0.15) is 12.3 Å². The first-order chi connectivity index (χ1) is 13.9. The van der Waals surface area contributed by atoms with E-state index >= 15 is 0 Å². The lowest BCUT2D eigenvalue weighted by molar-refractivity contribution is -0.120. The van der Waals surface area contributed by atoms with Crippen molar-refractivity contribution in [3.05, 3.63) is 58.7 Å². The van der Waals surface area contributed by atoms with Gasteiger partial charge in [0.05, 0.1) is 25.1 Å². The molecule has 1 amide bonds. The Labute approximate surface area is 180 Å². The summed E-state index contributed by atoms with van der Waals surface area (Å²) in [5, 5.41) is 2.94. The molecule has 0 aliphatic heterocycles. The molecule has 0 aromatic heterocycles. The smallest absolute Gasteiger partial charge is 0.241 e. The van der Waals surface area contributed by atoms with Gasteiger partial charge in [-0.25, -0.2) is 8.42 Å². The van der Waals surface area contributed by atoms with Crippen molar-refractivity contribution in [3.8, 4) is 5.75 Å². The van der Waals surface area contributed by atoms with E-state index in [0.717, 1.165) is 38.6 Å². The molecule has 0 heterocycles. The van der Waals surface area contributed by atoms with E-state index in [1.807, 2.05) is 32.9 Å². The van der Waals surface area contributed by atoms with Crippen molar-refractivity contribution < 1.29 is 17.9 Å². The average Bonchev–Trinajstić information content (AvgIpc) is 2.64. The van der Waals surface area contributed by atoms with Gasteiger partial charge in [0, 0.05) is 0 Å². The van der Waals surface area contributed by atoms with Crippen molar-refractivity contribution in [2.45, 2.75) is 46.6 Å². The maximum Gasteiger partial charge on any atom is 0.241 e. The number of nitrogens with zero attached hydrogens (tertiary/aromatic N) is 1. The molecule has 30 heavy (non-hydrogen) atoms. The molecule has 7 heteroatoms. The largest absolute Gasteiger partial charge is 0.496 e. The van der Waals surface area contributed by atoms with Gasteiger partial charge in [0.25, 0.3) is 0 Å². The van der Waals surface area contributed by atoms with Crippen LogP contribution in [-0.4, -0.2) is 34.2 Å². The van der Waals surface area contributed by atoms with Crippen molar-refractivity contribution in [1.29, 1.82) is 0 Å². The molecule has 6 nitrogen and oxygen atoms in total. The molecule has 0 saturated carbocycles. The van der Waals surface area contributed by atoms with Crippen molar-refractivity contribution >= 4 is 21.6 Å². The monoisotopic (exact) mass is 432 g/mol. The van der Waals surface area contributed by atoms with E-state index in [1.54, 1.807) is 25.3 Å². The minimum atomic E-state index is -3.61. The molecule has 0 spiro atoms. The zero-order valence-corrected chi connectivity index (χ0v) is 19.6. The summed E-state index contributed by atoms with van der Waals surface area (Å²) >= 11 is 0. The van der Waals surface area contributed by atoms with Crippen molar-refractivity contribution in [1.82, 2.24) is 5.32 Å². The van der Waals surface area contributed by atoms with Crippen LogP contribution < -0.4 is 14.4 Å². The van der Waals surface area contributed by atoms with E-state index in [0.29, 0.717) is 5.69 Å². The molecule has 2 aromatic rings. The molecule has 0 aliphatic rings. The van der Waals surface area contributed by atoms with Gasteiger partial charge in [-0.05, 0) is 73.2 Å². The normalized spacial score (nSPS) is 12.5. The second kappa shape index (κ2) is 9.51. The summed E-state index contributed by atoms with van der Waals surface area (Å²) in [6.07, 6.45) is 1.11. The number of sulfonamides is 1. The highest BCUT2D eigenvalue weighted by molar-refractivity contribution is 7.92. The predicted molar refractivity (Wildman–Crippen MR) is 122 cm³/mol. The zero-order valence-electron chi connectivity index (χ0n) is 18.8. The van der Waals surface area contributed by atoms with Crippen LogP contribution >= 0.6 is 0 Å².